The minimum atomic E-state index is -0.444. The Morgan fingerprint density at radius 3 is 2.77 bits per heavy atom. The molecule has 0 aliphatic heterocycles. The van der Waals surface area contributed by atoms with Gasteiger partial charge in [0.05, 0.1) is 17.4 Å². The number of hydrazone groups is 1. The average molecular weight is 436 g/mol. The maximum atomic E-state index is 13.5. The van der Waals surface area contributed by atoms with Crippen LogP contribution in [-0.4, -0.2) is 22.5 Å². The molecule has 0 spiro atoms. The number of halogens is 2. The Morgan fingerprint density at radius 2 is 2.00 bits per heavy atom. The molecule has 9 heteroatoms. The first-order valence-corrected chi connectivity index (χ1v) is 9.43. The molecule has 0 atom stereocenters. The summed E-state index contributed by atoms with van der Waals surface area (Å²) in [6.07, 6.45) is 3.55. The zero-order valence-electron chi connectivity index (χ0n) is 15.9. The van der Waals surface area contributed by atoms with Crippen LogP contribution in [0, 0.1) is 5.82 Å². The van der Waals surface area contributed by atoms with Gasteiger partial charge < -0.3 is 15.9 Å². The zero-order valence-corrected chi connectivity index (χ0v) is 16.7. The molecular weight excluding hydrogens is 421 g/mol. The summed E-state index contributed by atoms with van der Waals surface area (Å²) >= 11 is 6.54. The molecule has 31 heavy (non-hydrogen) atoms. The molecule has 0 saturated carbocycles. The first-order valence-electron chi connectivity index (χ1n) is 9.05. The minimum Gasteiger partial charge on any atom is -0.456 e. The van der Waals surface area contributed by atoms with Gasteiger partial charge in [-0.1, -0.05) is 23.7 Å². The summed E-state index contributed by atoms with van der Waals surface area (Å²) in [5.41, 5.74) is 2.01. The van der Waals surface area contributed by atoms with Crippen LogP contribution in [0.3, 0.4) is 0 Å². The number of benzene rings is 3. The van der Waals surface area contributed by atoms with Gasteiger partial charge in [-0.15, -0.1) is 0 Å². The number of aromatic nitrogens is 2. The van der Waals surface area contributed by atoms with Gasteiger partial charge in [0.2, 0.25) is 0 Å². The van der Waals surface area contributed by atoms with E-state index in [-0.39, 0.29) is 16.5 Å². The van der Waals surface area contributed by atoms with E-state index in [0.717, 1.165) is 5.56 Å². The second kappa shape index (κ2) is 8.76. The number of ether oxygens (including phenoxy) is 1. The van der Waals surface area contributed by atoms with Crippen molar-refractivity contribution in [2.75, 3.05) is 5.32 Å². The van der Waals surface area contributed by atoms with Crippen molar-refractivity contribution in [2.45, 2.75) is 0 Å². The number of rotatable bonds is 6. The van der Waals surface area contributed by atoms with Gasteiger partial charge in [0.15, 0.2) is 6.29 Å². The van der Waals surface area contributed by atoms with Gasteiger partial charge in [0, 0.05) is 17.0 Å². The van der Waals surface area contributed by atoms with E-state index in [1.165, 1.54) is 36.8 Å². The van der Waals surface area contributed by atoms with E-state index in [1.54, 1.807) is 24.3 Å². The Labute approximate surface area is 181 Å². The Hall–Kier alpha value is -4.04. The number of anilines is 2. The molecule has 0 bridgehead atoms. The van der Waals surface area contributed by atoms with Crippen molar-refractivity contribution in [2.24, 2.45) is 10.9 Å². The number of carbonyl (C=O) groups is 1. The molecule has 0 amide bonds. The number of aldehydes is 1. The standard InChI is InChI=1S/C22H15ClFN5O2/c23-20-19(31-16-3-1-2-15(24)9-16)7-5-14(11-30)21(20)29-22-17-8-13(10-28-25)4-6-18(17)26-12-27-22/h1-12H,25H2,(H,26,27,29). The quantitative estimate of drug-likeness (QED) is 0.190. The van der Waals surface area contributed by atoms with E-state index < -0.39 is 5.82 Å². The Balaban J connectivity index is 1.77. The smallest absolute Gasteiger partial charge is 0.152 e. The monoisotopic (exact) mass is 435 g/mol. The highest BCUT2D eigenvalue weighted by Crippen LogP contribution is 2.39. The summed E-state index contributed by atoms with van der Waals surface area (Å²) < 4.78 is 19.2. The van der Waals surface area contributed by atoms with Crippen molar-refractivity contribution in [1.82, 2.24) is 9.97 Å². The third kappa shape index (κ3) is 4.29. The van der Waals surface area contributed by atoms with Crippen LogP contribution in [0.4, 0.5) is 15.9 Å². The number of carbonyl (C=O) groups excluding carboxylic acids is 1. The van der Waals surface area contributed by atoms with Crippen LogP contribution in [0.2, 0.25) is 5.02 Å². The minimum absolute atomic E-state index is 0.139. The van der Waals surface area contributed by atoms with Gasteiger partial charge >= 0.3 is 0 Å². The molecule has 1 heterocycles. The molecule has 7 nitrogen and oxygen atoms in total. The normalized spacial score (nSPS) is 11.0. The van der Waals surface area contributed by atoms with Crippen LogP contribution >= 0.6 is 11.6 Å². The second-order valence-electron chi connectivity index (χ2n) is 6.42. The number of nitrogens with zero attached hydrogens (tertiary/aromatic N) is 3. The molecule has 0 aliphatic carbocycles. The highest BCUT2D eigenvalue weighted by atomic mass is 35.5. The highest BCUT2D eigenvalue weighted by Gasteiger charge is 2.16. The second-order valence-corrected chi connectivity index (χ2v) is 6.80. The largest absolute Gasteiger partial charge is 0.456 e. The summed E-state index contributed by atoms with van der Waals surface area (Å²) in [4.78, 5) is 20.2. The van der Waals surface area contributed by atoms with E-state index in [4.69, 9.17) is 22.2 Å². The number of hydrogen-bond acceptors (Lipinski definition) is 7. The third-order valence-electron chi connectivity index (χ3n) is 4.42. The summed E-state index contributed by atoms with van der Waals surface area (Å²) in [6.45, 7) is 0. The maximum absolute atomic E-state index is 13.5. The van der Waals surface area contributed by atoms with Crippen LogP contribution in [0.5, 0.6) is 11.5 Å². The van der Waals surface area contributed by atoms with Crippen LogP contribution in [0.15, 0.2) is 66.0 Å². The molecule has 3 aromatic carbocycles. The maximum Gasteiger partial charge on any atom is 0.152 e. The molecule has 0 unspecified atom stereocenters. The highest BCUT2D eigenvalue weighted by molar-refractivity contribution is 6.35. The van der Waals surface area contributed by atoms with Crippen molar-refractivity contribution in [3.63, 3.8) is 0 Å². The lowest BCUT2D eigenvalue weighted by Gasteiger charge is -2.15. The summed E-state index contributed by atoms with van der Waals surface area (Å²) in [7, 11) is 0. The predicted octanol–water partition coefficient (Wildman–Crippen LogP) is 5.06. The van der Waals surface area contributed by atoms with Gasteiger partial charge in [-0.05, 0) is 42.0 Å². The Kier molecular flexibility index (Phi) is 5.72. The molecule has 0 fully saturated rings. The lowest BCUT2D eigenvalue weighted by Crippen LogP contribution is -2.01. The van der Waals surface area contributed by atoms with E-state index >= 15 is 0 Å². The summed E-state index contributed by atoms with van der Waals surface area (Å²) in [6, 6.07) is 14.1. The number of fused-ring (bicyclic) bond motifs is 1. The predicted molar refractivity (Wildman–Crippen MR) is 118 cm³/mol. The SMILES string of the molecule is NN=Cc1ccc2ncnc(Nc3c(C=O)ccc(Oc4cccc(F)c4)c3Cl)c2c1. The number of hydrogen-bond donors (Lipinski definition) is 2. The van der Waals surface area contributed by atoms with E-state index in [0.29, 0.717) is 34.3 Å². The van der Waals surface area contributed by atoms with Crippen LogP contribution in [0.25, 0.3) is 10.9 Å². The number of nitrogens with two attached hydrogens (primary N) is 1. The molecule has 0 saturated heterocycles. The molecule has 1 aromatic heterocycles. The fourth-order valence-corrected chi connectivity index (χ4v) is 3.25. The fraction of sp³-hybridized carbons (Fsp3) is 0. The van der Waals surface area contributed by atoms with Gasteiger partial charge in [-0.25, -0.2) is 14.4 Å². The lowest BCUT2D eigenvalue weighted by molar-refractivity contribution is 0.112. The third-order valence-corrected chi connectivity index (χ3v) is 4.79. The van der Waals surface area contributed by atoms with Gasteiger partial charge in [0.25, 0.3) is 0 Å². The van der Waals surface area contributed by atoms with Crippen LogP contribution < -0.4 is 15.9 Å². The molecule has 3 N–H and O–H groups in total. The van der Waals surface area contributed by atoms with Crippen molar-refractivity contribution in [1.29, 1.82) is 0 Å². The molecular formula is C22H15ClFN5O2. The molecule has 0 aliphatic rings. The van der Waals surface area contributed by atoms with Gasteiger partial charge in [-0.3, -0.25) is 4.79 Å². The van der Waals surface area contributed by atoms with Crippen molar-refractivity contribution in [3.05, 3.63) is 82.9 Å². The topological polar surface area (TPSA) is 102 Å². The van der Waals surface area contributed by atoms with Crippen LogP contribution in [0.1, 0.15) is 15.9 Å². The van der Waals surface area contributed by atoms with Gasteiger partial charge in [0.1, 0.15) is 34.5 Å². The summed E-state index contributed by atoms with van der Waals surface area (Å²) in [5.74, 6) is 5.73. The van der Waals surface area contributed by atoms with Crippen LogP contribution in [-0.2, 0) is 0 Å². The molecule has 0 radical (unpaired) electrons. The summed E-state index contributed by atoms with van der Waals surface area (Å²) in [5, 5.41) is 7.44. The fourth-order valence-electron chi connectivity index (χ4n) is 2.99. The molecule has 154 valence electrons. The van der Waals surface area contributed by atoms with E-state index in [2.05, 4.69) is 20.4 Å². The van der Waals surface area contributed by atoms with E-state index in [9.17, 15) is 9.18 Å². The Bertz CT molecular complexity index is 1310. The average Bonchev–Trinajstić information content (AvgIpc) is 2.77. The van der Waals surface area contributed by atoms with Crippen molar-refractivity contribution < 1.29 is 13.9 Å². The Morgan fingerprint density at radius 1 is 1.13 bits per heavy atom. The first-order chi connectivity index (χ1) is 15.1. The number of nitrogens with one attached hydrogen (secondary N) is 1. The van der Waals surface area contributed by atoms with Gasteiger partial charge in [-0.2, -0.15) is 5.10 Å². The molecule has 4 aromatic rings. The molecule has 4 rings (SSSR count). The van der Waals surface area contributed by atoms with E-state index in [1.807, 2.05) is 6.07 Å². The first kappa shape index (κ1) is 20.2. The zero-order chi connectivity index (χ0) is 21.8. The van der Waals surface area contributed by atoms with Crippen molar-refractivity contribution >= 4 is 46.5 Å². The van der Waals surface area contributed by atoms with Crippen molar-refractivity contribution in [3.8, 4) is 11.5 Å². The lowest BCUT2D eigenvalue weighted by atomic mass is 10.1.